The number of hydrogen-bond donors (Lipinski definition) is 0. The molecule has 31 heavy (non-hydrogen) atoms. The Bertz CT molecular complexity index is 1300. The number of esters is 1. The Morgan fingerprint density at radius 1 is 1.06 bits per heavy atom. The first-order chi connectivity index (χ1) is 14.7. The number of ether oxygens (including phenoxy) is 1. The molecule has 0 spiro atoms. The molecular formula is C22H24N2O5S2. The minimum atomic E-state index is -3.40. The van der Waals surface area contributed by atoms with E-state index in [0.717, 1.165) is 10.2 Å². The summed E-state index contributed by atoms with van der Waals surface area (Å²) in [6.45, 7) is 7.81. The van der Waals surface area contributed by atoms with Gasteiger partial charge in [0, 0.05) is 12.1 Å². The first-order valence-electron chi connectivity index (χ1n) is 9.92. The molecule has 0 aliphatic heterocycles. The molecule has 1 heterocycles. The summed E-state index contributed by atoms with van der Waals surface area (Å²) in [6, 6.07) is 11.1. The van der Waals surface area contributed by atoms with Crippen LogP contribution in [0.15, 0.2) is 52.4 Å². The minimum absolute atomic E-state index is 0.177. The molecular weight excluding hydrogens is 436 g/mol. The smallest absolute Gasteiger partial charge is 0.338 e. The van der Waals surface area contributed by atoms with Crippen molar-refractivity contribution in [2.45, 2.75) is 44.4 Å². The number of carbonyl (C=O) groups excluding carboxylic acids is 2. The normalized spacial score (nSPS) is 12.5. The lowest BCUT2D eigenvalue weighted by atomic mass is 10.2. The molecule has 0 aliphatic carbocycles. The summed E-state index contributed by atoms with van der Waals surface area (Å²) >= 11 is 1.30. The molecule has 9 heteroatoms. The molecule has 3 rings (SSSR count). The number of benzene rings is 2. The number of rotatable bonds is 6. The van der Waals surface area contributed by atoms with Gasteiger partial charge < -0.3 is 9.30 Å². The zero-order chi connectivity index (χ0) is 22.8. The second-order valence-electron chi connectivity index (χ2n) is 7.07. The van der Waals surface area contributed by atoms with Crippen LogP contribution in [0.1, 0.15) is 48.4 Å². The van der Waals surface area contributed by atoms with Gasteiger partial charge in [-0.2, -0.15) is 4.99 Å². The molecule has 7 nitrogen and oxygen atoms in total. The molecule has 1 amide bonds. The lowest BCUT2D eigenvalue weighted by Crippen LogP contribution is -2.16. The lowest BCUT2D eigenvalue weighted by molar-refractivity contribution is 0.0526. The summed E-state index contributed by atoms with van der Waals surface area (Å²) < 4.78 is 32.3. The lowest BCUT2D eigenvalue weighted by Gasteiger charge is -2.07. The third kappa shape index (κ3) is 4.62. The van der Waals surface area contributed by atoms with Gasteiger partial charge in [-0.25, -0.2) is 13.2 Å². The number of hydrogen-bond acceptors (Lipinski definition) is 6. The van der Waals surface area contributed by atoms with Crippen LogP contribution in [0.5, 0.6) is 0 Å². The van der Waals surface area contributed by atoms with E-state index >= 15 is 0 Å². The van der Waals surface area contributed by atoms with Crippen molar-refractivity contribution < 1.29 is 22.7 Å². The Balaban J connectivity index is 1.99. The molecule has 0 saturated carbocycles. The SMILES string of the molecule is CCOC(=O)c1ccc2c(c1)sc(=NC(=O)c1ccc(S(=O)(=O)C(C)C)cc1)n2CC. The van der Waals surface area contributed by atoms with Gasteiger partial charge in [-0.3, -0.25) is 4.79 Å². The van der Waals surface area contributed by atoms with Crippen LogP contribution < -0.4 is 4.80 Å². The predicted molar refractivity (Wildman–Crippen MR) is 120 cm³/mol. The number of amides is 1. The van der Waals surface area contributed by atoms with Crippen molar-refractivity contribution in [1.29, 1.82) is 0 Å². The summed E-state index contributed by atoms with van der Waals surface area (Å²) in [7, 11) is -3.40. The van der Waals surface area contributed by atoms with E-state index in [4.69, 9.17) is 4.74 Å². The monoisotopic (exact) mass is 460 g/mol. The Morgan fingerprint density at radius 2 is 1.71 bits per heavy atom. The second kappa shape index (κ2) is 9.15. The van der Waals surface area contributed by atoms with Crippen molar-refractivity contribution in [1.82, 2.24) is 4.57 Å². The summed E-state index contributed by atoms with van der Waals surface area (Å²) in [5.74, 6) is -0.861. The number of aryl methyl sites for hydroxylation is 1. The maximum Gasteiger partial charge on any atom is 0.338 e. The first-order valence-corrected chi connectivity index (χ1v) is 12.3. The molecule has 2 aromatic carbocycles. The molecule has 0 saturated heterocycles. The number of fused-ring (bicyclic) bond motifs is 1. The fourth-order valence-electron chi connectivity index (χ4n) is 3.02. The number of nitrogens with zero attached hydrogens (tertiary/aromatic N) is 2. The number of sulfone groups is 1. The maximum absolute atomic E-state index is 12.7. The zero-order valence-corrected chi connectivity index (χ0v) is 19.4. The Hall–Kier alpha value is -2.78. The van der Waals surface area contributed by atoms with Crippen LogP contribution in [0.25, 0.3) is 10.2 Å². The van der Waals surface area contributed by atoms with Gasteiger partial charge in [0.05, 0.1) is 32.5 Å². The second-order valence-corrected chi connectivity index (χ2v) is 10.6. The maximum atomic E-state index is 12.7. The van der Waals surface area contributed by atoms with Crippen LogP contribution >= 0.6 is 11.3 Å². The van der Waals surface area contributed by atoms with Gasteiger partial charge in [0.15, 0.2) is 14.6 Å². The number of carbonyl (C=O) groups is 2. The van der Waals surface area contributed by atoms with Gasteiger partial charge in [-0.1, -0.05) is 11.3 Å². The molecule has 0 unspecified atom stereocenters. The Kier molecular flexibility index (Phi) is 6.76. The summed E-state index contributed by atoms with van der Waals surface area (Å²) in [6.07, 6.45) is 0. The van der Waals surface area contributed by atoms with E-state index in [-0.39, 0.29) is 4.90 Å². The minimum Gasteiger partial charge on any atom is -0.462 e. The largest absolute Gasteiger partial charge is 0.462 e. The van der Waals surface area contributed by atoms with Crippen molar-refractivity contribution in [2.75, 3.05) is 6.61 Å². The molecule has 0 bridgehead atoms. The quantitative estimate of drug-likeness (QED) is 0.521. The average molecular weight is 461 g/mol. The van der Waals surface area contributed by atoms with Crippen LogP contribution in [0.4, 0.5) is 0 Å². The average Bonchev–Trinajstić information content (AvgIpc) is 3.09. The van der Waals surface area contributed by atoms with E-state index < -0.39 is 27.0 Å². The molecule has 0 atom stereocenters. The summed E-state index contributed by atoms with van der Waals surface area (Å²) in [5, 5.41) is -0.541. The predicted octanol–water partition coefficient (Wildman–Crippen LogP) is 3.82. The van der Waals surface area contributed by atoms with Gasteiger partial charge >= 0.3 is 5.97 Å². The Labute approximate surface area is 184 Å². The van der Waals surface area contributed by atoms with E-state index in [9.17, 15) is 18.0 Å². The van der Waals surface area contributed by atoms with Gasteiger partial charge in [-0.15, -0.1) is 0 Å². The summed E-state index contributed by atoms with van der Waals surface area (Å²) in [5.41, 5.74) is 1.61. The zero-order valence-electron chi connectivity index (χ0n) is 17.8. The Morgan fingerprint density at radius 3 is 2.29 bits per heavy atom. The van der Waals surface area contributed by atoms with Gasteiger partial charge in [0.1, 0.15) is 0 Å². The molecule has 0 aliphatic rings. The van der Waals surface area contributed by atoms with Crippen molar-refractivity contribution in [3.05, 3.63) is 58.4 Å². The van der Waals surface area contributed by atoms with Gasteiger partial charge in [-0.05, 0) is 70.2 Å². The van der Waals surface area contributed by atoms with E-state index in [1.165, 1.54) is 35.6 Å². The highest BCUT2D eigenvalue weighted by Gasteiger charge is 2.19. The number of thiazole rings is 1. The molecule has 0 N–H and O–H groups in total. The highest BCUT2D eigenvalue weighted by molar-refractivity contribution is 7.92. The van der Waals surface area contributed by atoms with E-state index in [2.05, 4.69) is 4.99 Å². The highest BCUT2D eigenvalue weighted by atomic mass is 32.2. The van der Waals surface area contributed by atoms with E-state index in [0.29, 0.717) is 29.1 Å². The van der Waals surface area contributed by atoms with Crippen LogP contribution in [0.3, 0.4) is 0 Å². The highest BCUT2D eigenvalue weighted by Crippen LogP contribution is 2.21. The van der Waals surface area contributed by atoms with Crippen molar-refractivity contribution in [3.8, 4) is 0 Å². The van der Waals surface area contributed by atoms with Crippen LogP contribution in [0, 0.1) is 0 Å². The fraction of sp³-hybridized carbons (Fsp3) is 0.318. The van der Waals surface area contributed by atoms with Crippen molar-refractivity contribution >= 4 is 43.3 Å². The first kappa shape index (κ1) is 22.9. The van der Waals surface area contributed by atoms with Gasteiger partial charge in [0.25, 0.3) is 5.91 Å². The van der Waals surface area contributed by atoms with Crippen LogP contribution in [0.2, 0.25) is 0 Å². The van der Waals surface area contributed by atoms with E-state index in [1.807, 2.05) is 17.6 Å². The number of aromatic nitrogens is 1. The van der Waals surface area contributed by atoms with Crippen molar-refractivity contribution in [2.24, 2.45) is 4.99 Å². The van der Waals surface area contributed by atoms with Gasteiger partial charge in [0.2, 0.25) is 0 Å². The van der Waals surface area contributed by atoms with Crippen molar-refractivity contribution in [3.63, 3.8) is 0 Å². The summed E-state index contributed by atoms with van der Waals surface area (Å²) in [4.78, 5) is 29.7. The molecule has 164 valence electrons. The molecule has 3 aromatic rings. The molecule has 1 aromatic heterocycles. The topological polar surface area (TPSA) is 94.8 Å². The standard InChI is InChI=1S/C22H24N2O5S2/c1-5-24-18-12-9-16(21(26)29-6-2)13-19(18)30-22(24)23-20(25)15-7-10-17(11-8-15)31(27,28)14(3)4/h7-14H,5-6H2,1-4H3. The third-order valence-electron chi connectivity index (χ3n) is 4.76. The van der Waals surface area contributed by atoms with Crippen LogP contribution in [-0.4, -0.2) is 36.7 Å². The van der Waals surface area contributed by atoms with Crippen LogP contribution in [-0.2, 0) is 21.1 Å². The van der Waals surface area contributed by atoms with E-state index in [1.54, 1.807) is 32.9 Å². The fourth-order valence-corrected chi connectivity index (χ4v) is 5.21. The third-order valence-corrected chi connectivity index (χ3v) is 7.97. The molecule has 0 fully saturated rings. The molecule has 0 radical (unpaired) electrons.